The lowest BCUT2D eigenvalue weighted by atomic mass is 10.1. The molecule has 5 aromatic rings. The topological polar surface area (TPSA) is 77.4 Å². The minimum atomic E-state index is -0.353. The zero-order valence-corrected chi connectivity index (χ0v) is 16.4. The van der Waals surface area contributed by atoms with E-state index in [1.807, 2.05) is 37.3 Å². The Kier molecular flexibility index (Phi) is 4.06. The molecule has 0 unspecified atom stereocenters. The molecule has 0 radical (unpaired) electrons. The van der Waals surface area contributed by atoms with Crippen molar-refractivity contribution in [2.45, 2.75) is 6.92 Å². The smallest absolute Gasteiger partial charge is 0.272 e. The Bertz CT molecular complexity index is 1420. The molecule has 0 spiro atoms. The van der Waals surface area contributed by atoms with E-state index < -0.39 is 0 Å². The summed E-state index contributed by atoms with van der Waals surface area (Å²) in [7, 11) is 1.79. The van der Waals surface area contributed by atoms with Gasteiger partial charge in [0.2, 0.25) is 5.78 Å². The van der Waals surface area contributed by atoms with Crippen LogP contribution in [0.25, 0.3) is 22.1 Å². The van der Waals surface area contributed by atoms with Gasteiger partial charge in [0.05, 0.1) is 17.5 Å². The van der Waals surface area contributed by atoms with Gasteiger partial charge in [-0.05, 0) is 19.1 Å². The number of aryl methyl sites for hydroxylation is 2. The highest BCUT2D eigenvalue weighted by molar-refractivity contribution is 6.19. The molecule has 0 aliphatic heterocycles. The summed E-state index contributed by atoms with van der Waals surface area (Å²) >= 11 is 0. The summed E-state index contributed by atoms with van der Waals surface area (Å²) in [6.07, 6.45) is 1.58. The number of aromatic nitrogens is 1. The minimum absolute atomic E-state index is 0.103. The molecule has 6 heteroatoms. The number of para-hydroxylation sites is 1. The van der Waals surface area contributed by atoms with Gasteiger partial charge in [-0.2, -0.15) is 0 Å². The van der Waals surface area contributed by atoms with Crippen LogP contribution in [0.3, 0.4) is 0 Å². The summed E-state index contributed by atoms with van der Waals surface area (Å²) in [5, 5.41) is 3.55. The van der Waals surface area contributed by atoms with Crippen LogP contribution in [0, 0.1) is 6.92 Å². The number of carbonyl (C=O) groups is 2. The quantitative estimate of drug-likeness (QED) is 0.416. The monoisotopic (exact) mass is 398 g/mol. The Labute approximate surface area is 171 Å². The van der Waals surface area contributed by atoms with Crippen molar-refractivity contribution >= 4 is 39.4 Å². The van der Waals surface area contributed by atoms with Gasteiger partial charge in [-0.15, -0.1) is 0 Å². The molecular weight excluding hydrogens is 380 g/mol. The van der Waals surface area contributed by atoms with Crippen molar-refractivity contribution in [3.8, 4) is 0 Å². The Morgan fingerprint density at radius 3 is 2.50 bits per heavy atom. The molecule has 6 nitrogen and oxygen atoms in total. The number of carbonyl (C=O) groups excluding carboxylic acids is 2. The fraction of sp³-hybridized carbons (Fsp3) is 0.0833. The normalized spacial score (nSPS) is 11.3. The maximum Gasteiger partial charge on any atom is 0.272 e. The van der Waals surface area contributed by atoms with Crippen LogP contribution in [-0.2, 0) is 7.05 Å². The predicted molar refractivity (Wildman–Crippen MR) is 114 cm³/mol. The van der Waals surface area contributed by atoms with E-state index in [0.717, 1.165) is 11.1 Å². The van der Waals surface area contributed by atoms with E-state index in [9.17, 15) is 9.59 Å². The highest BCUT2D eigenvalue weighted by Crippen LogP contribution is 2.33. The van der Waals surface area contributed by atoms with Crippen molar-refractivity contribution in [3.63, 3.8) is 0 Å². The highest BCUT2D eigenvalue weighted by Gasteiger charge is 2.25. The molecule has 3 heterocycles. The molecule has 148 valence electrons. The van der Waals surface area contributed by atoms with Crippen LogP contribution in [0.15, 0.2) is 75.8 Å². The largest absolute Gasteiger partial charge is 0.463 e. The molecule has 5 rings (SSSR count). The number of benzene rings is 2. The number of rotatable bonds is 4. The first-order chi connectivity index (χ1) is 14.5. The van der Waals surface area contributed by atoms with E-state index in [0.29, 0.717) is 33.5 Å². The summed E-state index contributed by atoms with van der Waals surface area (Å²) in [6.45, 7) is 1.96. The first kappa shape index (κ1) is 18.0. The molecule has 0 bridgehead atoms. The Balaban J connectivity index is 1.59. The number of fused-ring (bicyclic) bond motifs is 2. The molecule has 0 aliphatic rings. The lowest BCUT2D eigenvalue weighted by molar-refractivity contribution is 0.101. The van der Waals surface area contributed by atoms with Crippen molar-refractivity contribution in [1.29, 1.82) is 0 Å². The standard InChI is InChI=1S/C24H18N2O4/c1-14-7-9-15(10-8-14)22(27)23-21(16-5-3-4-6-19(16)30-23)25-24(28)18-13-20-17(26(18)2)11-12-29-20/h3-13H,1-2H3,(H,25,28). The SMILES string of the molecule is Cc1ccc(C(=O)c2oc3ccccc3c2NC(=O)c2cc3occc3n2C)cc1. The van der Waals surface area contributed by atoms with Crippen LogP contribution >= 0.6 is 0 Å². The Morgan fingerprint density at radius 1 is 0.967 bits per heavy atom. The third-order valence-electron chi connectivity index (χ3n) is 5.25. The van der Waals surface area contributed by atoms with E-state index in [4.69, 9.17) is 8.83 Å². The second-order valence-electron chi connectivity index (χ2n) is 7.21. The van der Waals surface area contributed by atoms with Crippen molar-refractivity contribution in [3.05, 3.63) is 89.5 Å². The van der Waals surface area contributed by atoms with Crippen molar-refractivity contribution in [1.82, 2.24) is 4.57 Å². The molecule has 1 amide bonds. The van der Waals surface area contributed by atoms with Gasteiger partial charge >= 0.3 is 0 Å². The van der Waals surface area contributed by atoms with E-state index in [1.165, 1.54) is 0 Å². The number of ketones is 1. The molecule has 2 aromatic carbocycles. The van der Waals surface area contributed by atoms with Gasteiger partial charge < -0.3 is 18.7 Å². The summed E-state index contributed by atoms with van der Waals surface area (Å²) in [6, 6.07) is 18.0. The molecule has 30 heavy (non-hydrogen) atoms. The van der Waals surface area contributed by atoms with E-state index in [2.05, 4.69) is 5.32 Å². The summed E-state index contributed by atoms with van der Waals surface area (Å²) in [5.74, 6) is -0.540. The lowest BCUT2D eigenvalue weighted by Crippen LogP contribution is -2.17. The van der Waals surface area contributed by atoms with Crippen molar-refractivity contribution in [2.24, 2.45) is 7.05 Å². The summed E-state index contributed by atoms with van der Waals surface area (Å²) < 4.78 is 13.0. The second kappa shape index (κ2) is 6.77. The molecule has 0 atom stereocenters. The van der Waals surface area contributed by atoms with Crippen molar-refractivity contribution in [2.75, 3.05) is 5.32 Å². The number of anilines is 1. The third-order valence-corrected chi connectivity index (χ3v) is 5.25. The van der Waals surface area contributed by atoms with Gasteiger partial charge in [0.15, 0.2) is 11.3 Å². The predicted octanol–water partition coefficient (Wildman–Crippen LogP) is 5.31. The van der Waals surface area contributed by atoms with Crippen LogP contribution in [0.1, 0.15) is 32.2 Å². The number of nitrogens with one attached hydrogen (secondary N) is 1. The lowest BCUT2D eigenvalue weighted by Gasteiger charge is -2.07. The first-order valence-corrected chi connectivity index (χ1v) is 9.50. The number of hydrogen-bond donors (Lipinski definition) is 1. The number of nitrogens with zero attached hydrogens (tertiary/aromatic N) is 1. The molecule has 0 saturated heterocycles. The van der Waals surface area contributed by atoms with E-state index in [1.54, 1.807) is 48.2 Å². The van der Waals surface area contributed by atoms with Gasteiger partial charge in [-0.3, -0.25) is 9.59 Å². The second-order valence-corrected chi connectivity index (χ2v) is 7.21. The van der Waals surface area contributed by atoms with E-state index in [-0.39, 0.29) is 17.5 Å². The minimum Gasteiger partial charge on any atom is -0.463 e. The van der Waals surface area contributed by atoms with Crippen LogP contribution in [0.4, 0.5) is 5.69 Å². The number of hydrogen-bond acceptors (Lipinski definition) is 4. The average Bonchev–Trinajstić information content (AvgIpc) is 3.43. The summed E-state index contributed by atoms with van der Waals surface area (Å²) in [5.41, 5.74) is 4.29. The maximum atomic E-state index is 13.2. The maximum absolute atomic E-state index is 13.2. The number of amides is 1. The molecule has 0 saturated carbocycles. The van der Waals surface area contributed by atoms with Gasteiger partial charge in [0.25, 0.3) is 5.91 Å². The van der Waals surface area contributed by atoms with Crippen molar-refractivity contribution < 1.29 is 18.4 Å². The zero-order chi connectivity index (χ0) is 20.8. The van der Waals surface area contributed by atoms with Crippen LogP contribution in [0.5, 0.6) is 0 Å². The first-order valence-electron chi connectivity index (χ1n) is 9.50. The zero-order valence-electron chi connectivity index (χ0n) is 16.4. The molecule has 0 aliphatic carbocycles. The fourth-order valence-electron chi connectivity index (χ4n) is 3.61. The summed E-state index contributed by atoms with van der Waals surface area (Å²) in [4.78, 5) is 26.2. The fourth-order valence-corrected chi connectivity index (χ4v) is 3.61. The molecule has 3 aromatic heterocycles. The van der Waals surface area contributed by atoms with E-state index >= 15 is 0 Å². The average molecular weight is 398 g/mol. The van der Waals surface area contributed by atoms with Crippen LogP contribution in [-0.4, -0.2) is 16.3 Å². The number of furan rings is 2. The highest BCUT2D eigenvalue weighted by atomic mass is 16.3. The van der Waals surface area contributed by atoms with Crippen LogP contribution < -0.4 is 5.32 Å². The van der Waals surface area contributed by atoms with Gasteiger partial charge in [0.1, 0.15) is 11.3 Å². The Morgan fingerprint density at radius 2 is 1.73 bits per heavy atom. The van der Waals surface area contributed by atoms with Gasteiger partial charge in [-0.1, -0.05) is 42.0 Å². The van der Waals surface area contributed by atoms with Crippen LogP contribution in [0.2, 0.25) is 0 Å². The Hall–Kier alpha value is -4.06. The molecular formula is C24H18N2O4. The van der Waals surface area contributed by atoms with Gasteiger partial charge in [-0.25, -0.2) is 0 Å². The van der Waals surface area contributed by atoms with Gasteiger partial charge in [0, 0.05) is 30.1 Å². The molecule has 1 N–H and O–H groups in total. The third kappa shape index (κ3) is 2.81. The molecule has 0 fully saturated rings.